The van der Waals surface area contributed by atoms with E-state index in [1.165, 1.54) is 28.6 Å². The molecule has 0 saturated carbocycles. The van der Waals surface area contributed by atoms with Crippen LogP contribution < -0.4 is 10.6 Å². The van der Waals surface area contributed by atoms with Gasteiger partial charge in [-0.25, -0.2) is 8.42 Å². The molecule has 1 aliphatic rings. The van der Waals surface area contributed by atoms with E-state index in [1.807, 2.05) is 0 Å². The number of piperidine rings is 1. The van der Waals surface area contributed by atoms with Gasteiger partial charge in [0.05, 0.1) is 11.3 Å². The summed E-state index contributed by atoms with van der Waals surface area (Å²) in [4.78, 5) is 24.1. The number of rotatable bonds is 6. The van der Waals surface area contributed by atoms with E-state index in [1.54, 1.807) is 31.3 Å². The van der Waals surface area contributed by atoms with Crippen molar-refractivity contribution in [3.8, 4) is 0 Å². The number of hydrogen-bond acceptors (Lipinski definition) is 4. The Morgan fingerprint density at radius 3 is 2.14 bits per heavy atom. The summed E-state index contributed by atoms with van der Waals surface area (Å²) in [5.41, 5.74) is 1.81. The zero-order valence-corrected chi connectivity index (χ0v) is 17.2. The van der Waals surface area contributed by atoms with Gasteiger partial charge in [0, 0.05) is 31.4 Å². The highest BCUT2D eigenvalue weighted by Gasteiger charge is 2.25. The fraction of sp³-hybridized carbons (Fsp3) is 0.333. The molecule has 7 nitrogen and oxygen atoms in total. The maximum atomic E-state index is 12.7. The Morgan fingerprint density at radius 2 is 1.55 bits per heavy atom. The van der Waals surface area contributed by atoms with Crippen molar-refractivity contribution in [3.05, 3.63) is 59.7 Å². The molecule has 1 heterocycles. The molecule has 0 atom stereocenters. The summed E-state index contributed by atoms with van der Waals surface area (Å²) in [7, 11) is -1.93. The summed E-state index contributed by atoms with van der Waals surface area (Å²) in [5.74, 6) is -0.410. The molecule has 0 bridgehead atoms. The van der Waals surface area contributed by atoms with Gasteiger partial charge in [-0.2, -0.15) is 4.31 Å². The van der Waals surface area contributed by atoms with Crippen molar-refractivity contribution in [2.75, 3.05) is 25.5 Å². The van der Waals surface area contributed by atoms with Crippen molar-refractivity contribution >= 4 is 27.5 Å². The maximum Gasteiger partial charge on any atom is 0.255 e. The van der Waals surface area contributed by atoms with Gasteiger partial charge in [0.15, 0.2) is 0 Å². The molecule has 2 amide bonds. The van der Waals surface area contributed by atoms with Gasteiger partial charge >= 0.3 is 0 Å². The van der Waals surface area contributed by atoms with E-state index < -0.39 is 10.0 Å². The molecule has 0 spiro atoms. The number of amides is 2. The third-order valence-corrected chi connectivity index (χ3v) is 6.84. The predicted molar refractivity (Wildman–Crippen MR) is 111 cm³/mol. The second-order valence-electron chi connectivity index (χ2n) is 6.99. The van der Waals surface area contributed by atoms with Crippen LogP contribution in [0.1, 0.15) is 35.2 Å². The summed E-state index contributed by atoms with van der Waals surface area (Å²) in [6.07, 6.45) is 3.08. The standard InChI is InChI=1S/C21H25N3O4S/c1-22-20(25)15-16-5-9-18(10-6-16)23-21(26)17-7-11-19(12-8-17)29(27,28)24-13-3-2-4-14-24/h5-12H,2-4,13-15H2,1H3,(H,22,25)(H,23,26). The fourth-order valence-electron chi connectivity index (χ4n) is 3.22. The monoisotopic (exact) mass is 415 g/mol. The van der Waals surface area contributed by atoms with E-state index in [0.717, 1.165) is 24.8 Å². The van der Waals surface area contributed by atoms with E-state index >= 15 is 0 Å². The molecule has 8 heteroatoms. The number of likely N-dealkylation sites (N-methyl/N-ethyl adjacent to an activating group) is 1. The zero-order valence-electron chi connectivity index (χ0n) is 16.3. The average molecular weight is 416 g/mol. The first-order valence-corrected chi connectivity index (χ1v) is 11.1. The highest BCUT2D eigenvalue weighted by Crippen LogP contribution is 2.21. The summed E-state index contributed by atoms with van der Waals surface area (Å²) in [6.45, 7) is 1.08. The van der Waals surface area contributed by atoms with E-state index in [2.05, 4.69) is 10.6 Å². The minimum absolute atomic E-state index is 0.0821. The largest absolute Gasteiger partial charge is 0.359 e. The summed E-state index contributed by atoms with van der Waals surface area (Å²) < 4.78 is 26.9. The van der Waals surface area contributed by atoms with Crippen LogP contribution in [0.25, 0.3) is 0 Å². The highest BCUT2D eigenvalue weighted by molar-refractivity contribution is 7.89. The van der Waals surface area contributed by atoms with E-state index in [-0.39, 0.29) is 23.1 Å². The molecule has 154 valence electrons. The first-order valence-electron chi connectivity index (χ1n) is 9.61. The second kappa shape index (κ2) is 9.19. The summed E-state index contributed by atoms with van der Waals surface area (Å²) in [6, 6.07) is 13.0. The third-order valence-electron chi connectivity index (χ3n) is 4.92. The molecule has 0 unspecified atom stereocenters. The Kier molecular flexibility index (Phi) is 6.66. The Bertz CT molecular complexity index is 964. The van der Waals surface area contributed by atoms with Crippen LogP contribution in [-0.4, -0.2) is 44.7 Å². The van der Waals surface area contributed by atoms with Crippen LogP contribution in [0.3, 0.4) is 0 Å². The van der Waals surface area contributed by atoms with Gasteiger partial charge in [-0.05, 0) is 54.8 Å². The minimum Gasteiger partial charge on any atom is -0.359 e. The van der Waals surface area contributed by atoms with Crippen LogP contribution in [0.15, 0.2) is 53.4 Å². The molecular weight excluding hydrogens is 390 g/mol. The molecule has 2 aromatic rings. The quantitative estimate of drug-likeness (QED) is 0.757. The van der Waals surface area contributed by atoms with E-state index in [4.69, 9.17) is 0 Å². The first-order chi connectivity index (χ1) is 13.9. The zero-order chi connectivity index (χ0) is 20.9. The van der Waals surface area contributed by atoms with Gasteiger partial charge < -0.3 is 10.6 Å². The molecule has 1 aliphatic heterocycles. The smallest absolute Gasteiger partial charge is 0.255 e. The lowest BCUT2D eigenvalue weighted by Gasteiger charge is -2.25. The molecule has 29 heavy (non-hydrogen) atoms. The minimum atomic E-state index is -3.51. The van der Waals surface area contributed by atoms with Crippen LogP contribution in [0.2, 0.25) is 0 Å². The van der Waals surface area contributed by atoms with Crippen molar-refractivity contribution in [2.45, 2.75) is 30.6 Å². The van der Waals surface area contributed by atoms with Gasteiger partial charge in [0.2, 0.25) is 15.9 Å². The topological polar surface area (TPSA) is 95.6 Å². The lowest BCUT2D eigenvalue weighted by Crippen LogP contribution is -2.35. The average Bonchev–Trinajstić information content (AvgIpc) is 2.75. The summed E-state index contributed by atoms with van der Waals surface area (Å²) in [5, 5.41) is 5.34. The van der Waals surface area contributed by atoms with Crippen molar-refractivity contribution in [1.82, 2.24) is 9.62 Å². The maximum absolute atomic E-state index is 12.7. The Balaban J connectivity index is 1.65. The normalized spacial score (nSPS) is 14.9. The Labute approximate surface area is 171 Å². The van der Waals surface area contributed by atoms with Crippen LogP contribution in [0.4, 0.5) is 5.69 Å². The molecule has 0 aromatic heterocycles. The fourth-order valence-corrected chi connectivity index (χ4v) is 4.73. The number of carbonyl (C=O) groups excluding carboxylic acids is 2. The van der Waals surface area contributed by atoms with Crippen molar-refractivity contribution in [3.63, 3.8) is 0 Å². The number of hydrogen-bond donors (Lipinski definition) is 2. The number of nitrogens with one attached hydrogen (secondary N) is 2. The Hall–Kier alpha value is -2.71. The molecule has 2 aromatic carbocycles. The number of benzene rings is 2. The third kappa shape index (κ3) is 5.21. The SMILES string of the molecule is CNC(=O)Cc1ccc(NC(=O)c2ccc(S(=O)(=O)N3CCCCC3)cc2)cc1. The number of sulfonamides is 1. The molecule has 0 radical (unpaired) electrons. The lowest BCUT2D eigenvalue weighted by molar-refractivity contribution is -0.119. The molecule has 1 saturated heterocycles. The predicted octanol–water partition coefficient (Wildman–Crippen LogP) is 2.40. The van der Waals surface area contributed by atoms with Gasteiger partial charge in [0.1, 0.15) is 0 Å². The van der Waals surface area contributed by atoms with Crippen molar-refractivity contribution in [2.24, 2.45) is 0 Å². The van der Waals surface area contributed by atoms with E-state index in [9.17, 15) is 18.0 Å². The number of nitrogens with zero attached hydrogens (tertiary/aromatic N) is 1. The Morgan fingerprint density at radius 1 is 0.931 bits per heavy atom. The highest BCUT2D eigenvalue weighted by atomic mass is 32.2. The van der Waals surface area contributed by atoms with Crippen molar-refractivity contribution in [1.29, 1.82) is 0 Å². The number of carbonyl (C=O) groups is 2. The van der Waals surface area contributed by atoms with Gasteiger partial charge in [-0.3, -0.25) is 9.59 Å². The molecule has 2 N–H and O–H groups in total. The van der Waals surface area contributed by atoms with Crippen LogP contribution in [-0.2, 0) is 21.2 Å². The van der Waals surface area contributed by atoms with Gasteiger partial charge in [0.25, 0.3) is 5.91 Å². The number of anilines is 1. The van der Waals surface area contributed by atoms with Crippen LogP contribution in [0, 0.1) is 0 Å². The van der Waals surface area contributed by atoms with Gasteiger partial charge in [-0.1, -0.05) is 18.6 Å². The second-order valence-corrected chi connectivity index (χ2v) is 8.93. The molecule has 3 rings (SSSR count). The molecule has 0 aliphatic carbocycles. The first kappa shape index (κ1) is 21.0. The van der Waals surface area contributed by atoms with Gasteiger partial charge in [-0.15, -0.1) is 0 Å². The van der Waals surface area contributed by atoms with Crippen LogP contribution in [0.5, 0.6) is 0 Å². The lowest BCUT2D eigenvalue weighted by atomic mass is 10.1. The summed E-state index contributed by atoms with van der Waals surface area (Å²) >= 11 is 0. The molecular formula is C21H25N3O4S. The van der Waals surface area contributed by atoms with Crippen LogP contribution >= 0.6 is 0 Å². The van der Waals surface area contributed by atoms with Crippen molar-refractivity contribution < 1.29 is 18.0 Å². The van der Waals surface area contributed by atoms with E-state index in [0.29, 0.717) is 24.3 Å². The molecule has 1 fully saturated rings.